The van der Waals surface area contributed by atoms with E-state index in [4.69, 9.17) is 10.5 Å². The Morgan fingerprint density at radius 1 is 1.43 bits per heavy atom. The number of thioether (sulfide) groups is 1. The predicted octanol–water partition coefficient (Wildman–Crippen LogP) is 2.31. The second kappa shape index (κ2) is 7.84. The minimum Gasteiger partial charge on any atom is -0.378 e. The van der Waals surface area contributed by atoms with Crippen molar-refractivity contribution in [1.29, 1.82) is 0 Å². The van der Waals surface area contributed by atoms with E-state index in [-0.39, 0.29) is 23.4 Å². The van der Waals surface area contributed by atoms with Gasteiger partial charge in [0, 0.05) is 18.1 Å². The Morgan fingerprint density at radius 2 is 2.14 bits per heavy atom. The number of hydrogen-bond donors (Lipinski definition) is 2. The summed E-state index contributed by atoms with van der Waals surface area (Å²) in [7, 11) is 0. The van der Waals surface area contributed by atoms with Crippen LogP contribution in [0.25, 0.3) is 0 Å². The molecule has 3 atom stereocenters. The molecule has 0 aromatic carbocycles. The summed E-state index contributed by atoms with van der Waals surface area (Å²) in [6, 6.07) is -0.105. The third kappa shape index (κ3) is 3.74. The van der Waals surface area contributed by atoms with Gasteiger partial charge in [0.15, 0.2) is 0 Å². The van der Waals surface area contributed by atoms with Gasteiger partial charge in [-0.15, -0.1) is 0 Å². The van der Waals surface area contributed by atoms with E-state index in [1.165, 1.54) is 32.1 Å². The Bertz CT molecular complexity index is 345. The first kappa shape index (κ1) is 17.1. The summed E-state index contributed by atoms with van der Waals surface area (Å²) in [5.74, 6) is 0.959. The molecule has 5 heteroatoms. The quantitative estimate of drug-likeness (QED) is 0.757. The van der Waals surface area contributed by atoms with Gasteiger partial charge in [0.25, 0.3) is 0 Å². The van der Waals surface area contributed by atoms with Crippen LogP contribution in [0.5, 0.6) is 0 Å². The summed E-state index contributed by atoms with van der Waals surface area (Å²) >= 11 is 1.73. The molecule has 0 saturated heterocycles. The second-order valence-electron chi connectivity index (χ2n) is 6.42. The summed E-state index contributed by atoms with van der Waals surface area (Å²) in [4.78, 5) is 12.3. The lowest BCUT2D eigenvalue weighted by molar-refractivity contribution is -0.157. The minimum absolute atomic E-state index is 0.0222. The van der Waals surface area contributed by atoms with Crippen LogP contribution in [0, 0.1) is 5.41 Å². The van der Waals surface area contributed by atoms with Gasteiger partial charge >= 0.3 is 0 Å². The van der Waals surface area contributed by atoms with Gasteiger partial charge in [-0.05, 0) is 44.6 Å². The van der Waals surface area contributed by atoms with Crippen molar-refractivity contribution in [2.75, 3.05) is 18.6 Å². The molecule has 0 aromatic heterocycles. The van der Waals surface area contributed by atoms with Crippen molar-refractivity contribution in [3.8, 4) is 0 Å². The van der Waals surface area contributed by atoms with Gasteiger partial charge in [0.2, 0.25) is 5.91 Å². The van der Waals surface area contributed by atoms with Crippen molar-refractivity contribution in [3.63, 3.8) is 0 Å². The molecule has 3 N–H and O–H groups in total. The average Bonchev–Trinajstić information content (AvgIpc) is 2.52. The average molecular weight is 314 g/mol. The molecule has 0 radical (unpaired) electrons. The molecule has 2 aliphatic rings. The van der Waals surface area contributed by atoms with Crippen molar-refractivity contribution in [1.82, 2.24) is 5.32 Å². The van der Waals surface area contributed by atoms with Crippen LogP contribution >= 0.6 is 11.8 Å². The highest BCUT2D eigenvalue weighted by Gasteiger charge is 2.56. The first-order chi connectivity index (χ1) is 10.1. The number of nitrogens with one attached hydrogen (secondary N) is 1. The van der Waals surface area contributed by atoms with Crippen LogP contribution in [-0.4, -0.2) is 42.7 Å². The van der Waals surface area contributed by atoms with E-state index in [9.17, 15) is 4.79 Å². The lowest BCUT2D eigenvalue weighted by Crippen LogP contribution is -2.66. The smallest absolute Gasteiger partial charge is 0.237 e. The van der Waals surface area contributed by atoms with Crippen molar-refractivity contribution >= 4 is 17.7 Å². The first-order valence-corrected chi connectivity index (χ1v) is 9.70. The molecule has 0 aromatic rings. The molecule has 1 spiro atoms. The van der Waals surface area contributed by atoms with Gasteiger partial charge in [0.05, 0.1) is 12.1 Å². The lowest BCUT2D eigenvalue weighted by Gasteiger charge is -2.57. The Hall–Kier alpha value is -0.260. The van der Waals surface area contributed by atoms with Crippen molar-refractivity contribution in [2.45, 2.75) is 70.1 Å². The van der Waals surface area contributed by atoms with Gasteiger partial charge in [-0.1, -0.05) is 19.3 Å². The molecule has 0 heterocycles. The van der Waals surface area contributed by atoms with Crippen LogP contribution in [0.3, 0.4) is 0 Å². The fourth-order valence-corrected chi connectivity index (χ4v) is 4.41. The van der Waals surface area contributed by atoms with Crippen LogP contribution in [0.2, 0.25) is 0 Å². The van der Waals surface area contributed by atoms with E-state index in [1.54, 1.807) is 11.8 Å². The van der Waals surface area contributed by atoms with Crippen molar-refractivity contribution < 1.29 is 9.53 Å². The van der Waals surface area contributed by atoms with Crippen molar-refractivity contribution in [2.24, 2.45) is 11.1 Å². The number of carbonyl (C=O) groups excluding carboxylic acids is 1. The molecule has 122 valence electrons. The predicted molar refractivity (Wildman–Crippen MR) is 88.5 cm³/mol. The van der Waals surface area contributed by atoms with Gasteiger partial charge < -0.3 is 15.8 Å². The van der Waals surface area contributed by atoms with Gasteiger partial charge in [-0.2, -0.15) is 11.8 Å². The van der Waals surface area contributed by atoms with E-state index < -0.39 is 0 Å². The number of amides is 1. The molecule has 2 aliphatic carbocycles. The molecule has 21 heavy (non-hydrogen) atoms. The maximum absolute atomic E-state index is 12.3. The van der Waals surface area contributed by atoms with Gasteiger partial charge in [-0.3, -0.25) is 4.79 Å². The molecule has 4 nitrogen and oxygen atoms in total. The molecule has 2 unspecified atom stereocenters. The molecule has 2 fully saturated rings. The number of hydrogen-bond acceptors (Lipinski definition) is 4. The molecule has 1 amide bonds. The zero-order valence-electron chi connectivity index (χ0n) is 13.4. The standard InChI is InChI=1S/C16H30N2O2S/c1-3-20-14-11-13(16(14)8-5-4-6-9-16)18-15(19)12(17)7-10-21-2/h12-14H,3-11,17H2,1-2H3,(H,18,19)/t12-,13?,14?/m0/s1. The first-order valence-electron chi connectivity index (χ1n) is 8.30. The Kier molecular flexibility index (Phi) is 6.38. The summed E-state index contributed by atoms with van der Waals surface area (Å²) in [5, 5.41) is 3.22. The molecular formula is C16H30N2O2S. The monoisotopic (exact) mass is 314 g/mol. The molecular weight excluding hydrogens is 284 g/mol. The summed E-state index contributed by atoms with van der Waals surface area (Å²) < 4.78 is 5.92. The lowest BCUT2D eigenvalue weighted by atomic mass is 9.55. The minimum atomic E-state index is -0.371. The van der Waals surface area contributed by atoms with Crippen LogP contribution in [0.15, 0.2) is 0 Å². The SMILES string of the molecule is CCOC1CC(NC(=O)[C@@H](N)CCSC)C12CCCCC2. The third-order valence-corrected chi connectivity index (χ3v) is 5.87. The van der Waals surface area contributed by atoms with Gasteiger partial charge in [0.1, 0.15) is 0 Å². The highest BCUT2D eigenvalue weighted by Crippen LogP contribution is 2.53. The maximum atomic E-state index is 12.3. The van der Waals surface area contributed by atoms with E-state index in [0.717, 1.165) is 25.2 Å². The number of carbonyl (C=O) groups is 1. The second-order valence-corrected chi connectivity index (χ2v) is 7.41. The molecule has 2 rings (SSSR count). The summed E-state index contributed by atoms with van der Waals surface area (Å²) in [6.45, 7) is 2.82. The van der Waals surface area contributed by atoms with E-state index in [0.29, 0.717) is 6.10 Å². The number of ether oxygens (including phenoxy) is 1. The van der Waals surface area contributed by atoms with E-state index in [1.807, 2.05) is 6.26 Å². The van der Waals surface area contributed by atoms with Crippen LogP contribution in [0.4, 0.5) is 0 Å². The Balaban J connectivity index is 1.91. The summed E-state index contributed by atoms with van der Waals surface area (Å²) in [6.07, 6.45) is 10.3. The Labute approximate surface area is 132 Å². The number of rotatable bonds is 7. The fourth-order valence-electron chi connectivity index (χ4n) is 3.92. The normalized spacial score (nSPS) is 28.9. The zero-order chi connectivity index (χ0) is 15.3. The van der Waals surface area contributed by atoms with Gasteiger partial charge in [-0.25, -0.2) is 0 Å². The largest absolute Gasteiger partial charge is 0.378 e. The molecule has 0 bridgehead atoms. The maximum Gasteiger partial charge on any atom is 0.237 e. The highest BCUT2D eigenvalue weighted by molar-refractivity contribution is 7.98. The Morgan fingerprint density at radius 3 is 2.76 bits per heavy atom. The fraction of sp³-hybridized carbons (Fsp3) is 0.938. The third-order valence-electron chi connectivity index (χ3n) is 5.22. The molecule has 2 saturated carbocycles. The number of nitrogens with two attached hydrogens (primary N) is 1. The topological polar surface area (TPSA) is 64.3 Å². The van der Waals surface area contributed by atoms with Crippen LogP contribution in [-0.2, 0) is 9.53 Å². The molecule has 0 aliphatic heterocycles. The van der Waals surface area contributed by atoms with Crippen LogP contribution < -0.4 is 11.1 Å². The van der Waals surface area contributed by atoms with E-state index >= 15 is 0 Å². The zero-order valence-corrected chi connectivity index (χ0v) is 14.2. The highest BCUT2D eigenvalue weighted by atomic mass is 32.2. The summed E-state index contributed by atoms with van der Waals surface area (Å²) in [5.41, 5.74) is 6.17. The van der Waals surface area contributed by atoms with E-state index in [2.05, 4.69) is 12.2 Å². The van der Waals surface area contributed by atoms with Crippen molar-refractivity contribution in [3.05, 3.63) is 0 Å². The van der Waals surface area contributed by atoms with Crippen LogP contribution in [0.1, 0.15) is 51.9 Å².